The van der Waals surface area contributed by atoms with Gasteiger partial charge in [0.2, 0.25) is 5.91 Å². The van der Waals surface area contributed by atoms with Gasteiger partial charge in [0.15, 0.2) is 5.11 Å². The van der Waals surface area contributed by atoms with E-state index in [4.69, 9.17) is 12.2 Å². The Morgan fingerprint density at radius 1 is 1.05 bits per heavy atom. The third kappa shape index (κ3) is 4.67. The summed E-state index contributed by atoms with van der Waals surface area (Å²) >= 11 is 5.90. The fourth-order valence-corrected chi connectivity index (χ4v) is 5.57. The van der Waals surface area contributed by atoms with Crippen LogP contribution in [0, 0.1) is 26.6 Å². The van der Waals surface area contributed by atoms with Gasteiger partial charge in [-0.1, -0.05) is 19.1 Å². The predicted molar refractivity (Wildman–Crippen MR) is 153 cm³/mol. The molecule has 2 aromatic heterocycles. The molecule has 0 saturated carbocycles. The van der Waals surface area contributed by atoms with Crippen molar-refractivity contribution in [2.24, 2.45) is 0 Å². The minimum absolute atomic E-state index is 0.0305. The van der Waals surface area contributed by atoms with E-state index < -0.39 is 0 Å². The number of amides is 1. The first-order valence-electron chi connectivity index (χ1n) is 12.6. The third-order valence-corrected chi connectivity index (χ3v) is 7.35. The second kappa shape index (κ2) is 10.4. The van der Waals surface area contributed by atoms with Gasteiger partial charge >= 0.3 is 0 Å². The maximum absolute atomic E-state index is 14.1. The zero-order chi connectivity index (χ0) is 27.0. The number of rotatable bonds is 6. The van der Waals surface area contributed by atoms with Crippen LogP contribution >= 0.6 is 12.2 Å². The van der Waals surface area contributed by atoms with Crippen molar-refractivity contribution in [1.82, 2.24) is 14.9 Å². The number of anilines is 2. The molecule has 0 radical (unpaired) electrons. The molecule has 1 aliphatic rings. The molecular weight excluding hydrogens is 497 g/mol. The van der Waals surface area contributed by atoms with E-state index in [0.717, 1.165) is 45.3 Å². The number of aromatic nitrogens is 2. The van der Waals surface area contributed by atoms with Gasteiger partial charge in [0.25, 0.3) is 0 Å². The highest BCUT2D eigenvalue weighted by molar-refractivity contribution is 7.80. The molecule has 2 atom stereocenters. The Morgan fingerprint density at radius 2 is 1.87 bits per heavy atom. The smallest absolute Gasteiger partial charge is 0.224 e. The number of carbonyl (C=O) groups is 1. The highest BCUT2D eigenvalue weighted by atomic mass is 32.1. The van der Waals surface area contributed by atoms with Gasteiger partial charge in [-0.05, 0) is 98.7 Å². The first-order valence-corrected chi connectivity index (χ1v) is 13.0. The van der Waals surface area contributed by atoms with Crippen LogP contribution < -0.4 is 15.5 Å². The molecular formula is C30H30FN5OS. The first-order chi connectivity index (χ1) is 18.3. The summed E-state index contributed by atoms with van der Waals surface area (Å²) in [6.07, 6.45) is 2.20. The lowest BCUT2D eigenvalue weighted by Gasteiger charge is -2.29. The molecule has 4 aromatic rings. The van der Waals surface area contributed by atoms with Crippen LogP contribution in [0.3, 0.4) is 0 Å². The minimum atomic E-state index is -0.279. The van der Waals surface area contributed by atoms with Crippen LogP contribution in [0.15, 0.2) is 72.9 Å². The van der Waals surface area contributed by atoms with Crippen LogP contribution in [0.4, 0.5) is 15.8 Å². The molecule has 1 fully saturated rings. The van der Waals surface area contributed by atoms with Crippen molar-refractivity contribution in [3.63, 3.8) is 0 Å². The van der Waals surface area contributed by atoms with Crippen molar-refractivity contribution in [2.75, 3.05) is 10.2 Å². The molecule has 5 rings (SSSR count). The molecule has 2 aromatic carbocycles. The number of pyridine rings is 1. The predicted octanol–water partition coefficient (Wildman–Crippen LogP) is 6.46. The molecule has 38 heavy (non-hydrogen) atoms. The Kier molecular flexibility index (Phi) is 6.99. The summed E-state index contributed by atoms with van der Waals surface area (Å²) in [5, 5.41) is 7.05. The molecule has 8 heteroatoms. The molecule has 1 amide bonds. The lowest BCUT2D eigenvalue weighted by atomic mass is 9.96. The number of hydrogen-bond donors (Lipinski definition) is 2. The van der Waals surface area contributed by atoms with Crippen LogP contribution in [-0.4, -0.2) is 20.6 Å². The van der Waals surface area contributed by atoms with E-state index in [0.29, 0.717) is 11.5 Å². The summed E-state index contributed by atoms with van der Waals surface area (Å²) in [7, 11) is 0. The van der Waals surface area contributed by atoms with Gasteiger partial charge in [-0.25, -0.2) is 4.39 Å². The van der Waals surface area contributed by atoms with E-state index in [1.807, 2.05) is 63.2 Å². The van der Waals surface area contributed by atoms with Crippen molar-refractivity contribution in [3.8, 4) is 5.69 Å². The van der Waals surface area contributed by atoms with E-state index in [2.05, 4.69) is 38.1 Å². The fraction of sp³-hybridized carbons (Fsp3) is 0.233. The topological polar surface area (TPSA) is 62.2 Å². The van der Waals surface area contributed by atoms with Crippen molar-refractivity contribution in [3.05, 3.63) is 107 Å². The van der Waals surface area contributed by atoms with Gasteiger partial charge in [0.1, 0.15) is 5.82 Å². The highest BCUT2D eigenvalue weighted by Gasteiger charge is 2.42. The summed E-state index contributed by atoms with van der Waals surface area (Å²) in [5.74, 6) is -0.309. The molecule has 2 N–H and O–H groups in total. The number of hydrogen-bond acceptors (Lipinski definition) is 3. The molecule has 0 aliphatic carbocycles. The molecule has 0 unspecified atom stereocenters. The average molecular weight is 528 g/mol. The number of halogens is 1. The Bertz CT molecular complexity index is 1520. The summed E-state index contributed by atoms with van der Waals surface area (Å²) in [5.41, 5.74) is 7.34. The van der Waals surface area contributed by atoms with E-state index in [-0.39, 0.29) is 23.8 Å². The van der Waals surface area contributed by atoms with E-state index in [9.17, 15) is 9.18 Å². The highest BCUT2D eigenvalue weighted by Crippen LogP contribution is 2.44. The van der Waals surface area contributed by atoms with E-state index in [1.165, 1.54) is 6.07 Å². The maximum Gasteiger partial charge on any atom is 0.224 e. The largest absolute Gasteiger partial charge is 0.351 e. The molecule has 1 aliphatic heterocycles. The standard InChI is InChI=1S/C30H30FN5OS/c1-5-27(37)33-25-13-12-23(15-18(25)2)36-29(28(34-30(36)38)26-11-6-7-14-32-26)24-16-19(3)35(20(24)4)22-10-8-9-21(31)17-22/h6-17,28-29H,5H2,1-4H3,(H,33,37)(H,34,38)/t28-,29-/m0/s1. The van der Waals surface area contributed by atoms with Crippen molar-refractivity contribution in [1.29, 1.82) is 0 Å². The monoisotopic (exact) mass is 527 g/mol. The van der Waals surface area contributed by atoms with Gasteiger partial charge in [-0.3, -0.25) is 9.78 Å². The first kappa shape index (κ1) is 25.6. The Balaban J connectivity index is 1.64. The molecule has 3 heterocycles. The minimum Gasteiger partial charge on any atom is -0.351 e. The number of aryl methyl sites for hydroxylation is 2. The average Bonchev–Trinajstić information content (AvgIpc) is 3.40. The van der Waals surface area contributed by atoms with Gasteiger partial charge in [-0.2, -0.15) is 0 Å². The van der Waals surface area contributed by atoms with Crippen LogP contribution in [0.5, 0.6) is 0 Å². The van der Waals surface area contributed by atoms with Crippen LogP contribution in [0.2, 0.25) is 0 Å². The molecule has 0 spiro atoms. The van der Waals surface area contributed by atoms with Crippen LogP contribution in [0.1, 0.15) is 53.6 Å². The van der Waals surface area contributed by atoms with Gasteiger partial charge in [0, 0.05) is 41.1 Å². The molecule has 1 saturated heterocycles. The quantitative estimate of drug-likeness (QED) is 0.282. The van der Waals surface area contributed by atoms with Crippen LogP contribution in [-0.2, 0) is 4.79 Å². The Morgan fingerprint density at radius 3 is 2.55 bits per heavy atom. The molecule has 194 valence electrons. The number of benzene rings is 2. The Hall–Kier alpha value is -4.04. The normalized spacial score (nSPS) is 17.0. The van der Waals surface area contributed by atoms with Gasteiger partial charge in [0.05, 0.1) is 17.8 Å². The number of nitrogens with zero attached hydrogens (tertiary/aromatic N) is 3. The number of carbonyl (C=O) groups excluding carboxylic acids is 1. The lowest BCUT2D eigenvalue weighted by Crippen LogP contribution is -2.29. The Labute approximate surface area is 227 Å². The fourth-order valence-electron chi connectivity index (χ4n) is 5.23. The summed E-state index contributed by atoms with van der Waals surface area (Å²) in [6.45, 7) is 7.88. The second-order valence-electron chi connectivity index (χ2n) is 9.54. The van der Waals surface area contributed by atoms with E-state index in [1.54, 1.807) is 18.3 Å². The zero-order valence-electron chi connectivity index (χ0n) is 21.8. The molecule has 6 nitrogen and oxygen atoms in total. The third-order valence-electron chi connectivity index (χ3n) is 7.04. The summed E-state index contributed by atoms with van der Waals surface area (Å²) in [4.78, 5) is 18.8. The zero-order valence-corrected chi connectivity index (χ0v) is 22.6. The van der Waals surface area contributed by atoms with Crippen molar-refractivity contribution < 1.29 is 9.18 Å². The molecule has 0 bridgehead atoms. The second-order valence-corrected chi connectivity index (χ2v) is 9.93. The SMILES string of the molecule is CCC(=O)Nc1ccc(N2C(=S)N[C@@H](c3ccccn3)[C@@H]2c2cc(C)n(-c3cccc(F)c3)c2C)cc1C. The van der Waals surface area contributed by atoms with Gasteiger partial charge in [-0.15, -0.1) is 0 Å². The summed E-state index contributed by atoms with van der Waals surface area (Å²) in [6, 6.07) is 20.2. The van der Waals surface area contributed by atoms with Crippen LogP contribution in [0.25, 0.3) is 5.69 Å². The maximum atomic E-state index is 14.1. The van der Waals surface area contributed by atoms with Gasteiger partial charge < -0.3 is 20.1 Å². The summed E-state index contributed by atoms with van der Waals surface area (Å²) < 4.78 is 16.2. The lowest BCUT2D eigenvalue weighted by molar-refractivity contribution is -0.115. The van der Waals surface area contributed by atoms with Crippen molar-refractivity contribution in [2.45, 2.75) is 46.2 Å². The number of nitrogens with one attached hydrogen (secondary N) is 2. The van der Waals surface area contributed by atoms with E-state index >= 15 is 0 Å². The van der Waals surface area contributed by atoms with Crippen molar-refractivity contribution >= 4 is 34.6 Å². The number of thiocarbonyl (C=S) groups is 1.